The Morgan fingerprint density at radius 3 is 2.43 bits per heavy atom. The third-order valence-corrected chi connectivity index (χ3v) is 3.57. The quantitative estimate of drug-likeness (QED) is 0.812. The predicted molar refractivity (Wildman–Crippen MR) is 58.4 cm³/mol. The molecule has 0 heterocycles. The Labute approximate surface area is 91.7 Å². The summed E-state index contributed by atoms with van der Waals surface area (Å²) in [5.41, 5.74) is 2.00. The third kappa shape index (κ3) is 1.35. The standard InChI is InChI=1S/C11H13BrO2/c1-6-5-8(12)10(13)9(7(6)2)11(14)3-4-11/h5,13-14H,3-4H2,1-2H3. The van der Waals surface area contributed by atoms with E-state index in [1.165, 1.54) is 0 Å². The molecule has 0 saturated heterocycles. The van der Waals surface area contributed by atoms with Crippen molar-refractivity contribution in [3.05, 3.63) is 27.2 Å². The van der Waals surface area contributed by atoms with Gasteiger partial charge in [-0.15, -0.1) is 0 Å². The fourth-order valence-corrected chi connectivity index (χ4v) is 2.34. The normalized spacial score (nSPS) is 18.3. The minimum Gasteiger partial charge on any atom is -0.506 e. The molecule has 1 saturated carbocycles. The molecule has 0 atom stereocenters. The summed E-state index contributed by atoms with van der Waals surface area (Å²) < 4.78 is 0.663. The van der Waals surface area contributed by atoms with Crippen LogP contribution in [0.1, 0.15) is 29.5 Å². The highest BCUT2D eigenvalue weighted by atomic mass is 79.9. The van der Waals surface area contributed by atoms with Crippen molar-refractivity contribution in [2.45, 2.75) is 32.3 Å². The second-order valence-electron chi connectivity index (χ2n) is 4.06. The molecule has 3 heteroatoms. The number of halogens is 1. The van der Waals surface area contributed by atoms with Gasteiger partial charge in [0.15, 0.2) is 0 Å². The molecular formula is C11H13BrO2. The smallest absolute Gasteiger partial charge is 0.136 e. The highest BCUT2D eigenvalue weighted by Crippen LogP contribution is 2.52. The van der Waals surface area contributed by atoms with Crippen molar-refractivity contribution >= 4 is 15.9 Å². The molecule has 2 N–H and O–H groups in total. The summed E-state index contributed by atoms with van der Waals surface area (Å²) in [5.74, 6) is 0.188. The van der Waals surface area contributed by atoms with Gasteiger partial charge < -0.3 is 10.2 Å². The van der Waals surface area contributed by atoms with Crippen molar-refractivity contribution in [1.29, 1.82) is 0 Å². The summed E-state index contributed by atoms with van der Waals surface area (Å²) in [6, 6.07) is 1.87. The van der Waals surface area contributed by atoms with E-state index in [-0.39, 0.29) is 5.75 Å². The van der Waals surface area contributed by atoms with Crippen molar-refractivity contribution in [2.24, 2.45) is 0 Å². The second kappa shape index (κ2) is 2.97. The lowest BCUT2D eigenvalue weighted by Crippen LogP contribution is -2.08. The van der Waals surface area contributed by atoms with Crippen LogP contribution < -0.4 is 0 Å². The Bertz CT molecular complexity index is 369. The molecule has 1 aromatic rings. The molecule has 0 radical (unpaired) electrons. The van der Waals surface area contributed by atoms with Crippen LogP contribution in [0.5, 0.6) is 5.75 Å². The molecule has 0 amide bonds. The van der Waals surface area contributed by atoms with Gasteiger partial charge in [-0.05, 0) is 59.8 Å². The van der Waals surface area contributed by atoms with Crippen LogP contribution in [0.2, 0.25) is 0 Å². The summed E-state index contributed by atoms with van der Waals surface area (Å²) in [6.45, 7) is 3.92. The maximum Gasteiger partial charge on any atom is 0.136 e. The van der Waals surface area contributed by atoms with Gasteiger partial charge in [0.1, 0.15) is 5.75 Å². The lowest BCUT2D eigenvalue weighted by atomic mass is 9.96. The molecule has 1 fully saturated rings. The zero-order valence-electron chi connectivity index (χ0n) is 8.26. The van der Waals surface area contributed by atoms with Crippen LogP contribution in [-0.2, 0) is 5.60 Å². The maximum atomic E-state index is 10.0. The van der Waals surface area contributed by atoms with E-state index in [0.29, 0.717) is 10.0 Å². The van der Waals surface area contributed by atoms with Crippen molar-refractivity contribution in [3.8, 4) is 5.75 Å². The number of aryl methyl sites for hydroxylation is 1. The van der Waals surface area contributed by atoms with Gasteiger partial charge in [-0.2, -0.15) is 0 Å². The zero-order valence-corrected chi connectivity index (χ0v) is 9.85. The van der Waals surface area contributed by atoms with Crippen LogP contribution in [0.15, 0.2) is 10.5 Å². The summed E-state index contributed by atoms with van der Waals surface area (Å²) >= 11 is 3.29. The highest BCUT2D eigenvalue weighted by molar-refractivity contribution is 9.10. The van der Waals surface area contributed by atoms with Gasteiger partial charge >= 0.3 is 0 Å². The number of rotatable bonds is 1. The maximum absolute atomic E-state index is 10.0. The van der Waals surface area contributed by atoms with E-state index in [0.717, 1.165) is 24.0 Å². The number of phenolic OH excluding ortho intramolecular Hbond substituents is 1. The first-order valence-electron chi connectivity index (χ1n) is 4.67. The van der Waals surface area contributed by atoms with Crippen molar-refractivity contribution in [2.75, 3.05) is 0 Å². The average molecular weight is 257 g/mol. The monoisotopic (exact) mass is 256 g/mol. The number of hydrogen-bond acceptors (Lipinski definition) is 2. The first kappa shape index (κ1) is 9.99. The van der Waals surface area contributed by atoms with Crippen LogP contribution in [0.3, 0.4) is 0 Å². The number of phenols is 1. The van der Waals surface area contributed by atoms with Gasteiger partial charge in [-0.1, -0.05) is 0 Å². The van der Waals surface area contributed by atoms with Crippen molar-refractivity contribution in [3.63, 3.8) is 0 Å². The van der Waals surface area contributed by atoms with Crippen LogP contribution in [0.25, 0.3) is 0 Å². The van der Waals surface area contributed by atoms with Crippen LogP contribution in [0.4, 0.5) is 0 Å². The van der Waals surface area contributed by atoms with E-state index in [1.807, 2.05) is 19.9 Å². The number of benzene rings is 1. The van der Waals surface area contributed by atoms with E-state index in [2.05, 4.69) is 15.9 Å². The molecule has 76 valence electrons. The van der Waals surface area contributed by atoms with E-state index in [9.17, 15) is 10.2 Å². The highest BCUT2D eigenvalue weighted by Gasteiger charge is 2.45. The molecular weight excluding hydrogens is 244 g/mol. The largest absolute Gasteiger partial charge is 0.506 e. The number of hydrogen-bond donors (Lipinski definition) is 2. The second-order valence-corrected chi connectivity index (χ2v) is 4.91. The van der Waals surface area contributed by atoms with Gasteiger partial charge in [-0.3, -0.25) is 0 Å². The predicted octanol–water partition coefficient (Wildman–Crippen LogP) is 2.75. The number of aromatic hydroxyl groups is 1. The molecule has 1 aliphatic carbocycles. The Balaban J connectivity index is 2.68. The Kier molecular flexibility index (Phi) is 2.12. The van der Waals surface area contributed by atoms with Gasteiger partial charge in [0.25, 0.3) is 0 Å². The molecule has 0 spiro atoms. The lowest BCUT2D eigenvalue weighted by molar-refractivity contribution is 0.147. The topological polar surface area (TPSA) is 40.5 Å². The zero-order chi connectivity index (χ0) is 10.5. The number of aliphatic hydroxyl groups is 1. The molecule has 0 aromatic heterocycles. The summed E-state index contributed by atoms with van der Waals surface area (Å²) in [7, 11) is 0. The average Bonchev–Trinajstić information content (AvgIpc) is 2.81. The fourth-order valence-electron chi connectivity index (χ4n) is 1.80. The molecule has 2 rings (SSSR count). The SMILES string of the molecule is Cc1cc(Br)c(O)c(C2(O)CC2)c1C. The first-order valence-corrected chi connectivity index (χ1v) is 5.46. The van der Waals surface area contributed by atoms with Gasteiger partial charge in [-0.25, -0.2) is 0 Å². The molecule has 1 aliphatic rings. The van der Waals surface area contributed by atoms with Gasteiger partial charge in [0.05, 0.1) is 10.1 Å². The Morgan fingerprint density at radius 2 is 1.93 bits per heavy atom. The molecule has 14 heavy (non-hydrogen) atoms. The van der Waals surface area contributed by atoms with Gasteiger partial charge in [0.2, 0.25) is 0 Å². The summed E-state index contributed by atoms with van der Waals surface area (Å²) in [4.78, 5) is 0. The minimum atomic E-state index is -0.775. The molecule has 0 aliphatic heterocycles. The summed E-state index contributed by atoms with van der Waals surface area (Å²) in [5, 5.41) is 19.9. The van der Waals surface area contributed by atoms with Gasteiger partial charge in [0, 0.05) is 5.56 Å². The Hall–Kier alpha value is -0.540. The third-order valence-electron chi connectivity index (χ3n) is 2.96. The molecule has 1 aromatic carbocycles. The minimum absolute atomic E-state index is 0.188. The molecule has 0 bridgehead atoms. The Morgan fingerprint density at radius 1 is 1.36 bits per heavy atom. The van der Waals surface area contributed by atoms with Crippen molar-refractivity contribution in [1.82, 2.24) is 0 Å². The molecule has 2 nitrogen and oxygen atoms in total. The summed E-state index contributed by atoms with van der Waals surface area (Å²) in [6.07, 6.45) is 1.49. The van der Waals surface area contributed by atoms with Crippen LogP contribution >= 0.6 is 15.9 Å². The van der Waals surface area contributed by atoms with E-state index < -0.39 is 5.60 Å². The van der Waals surface area contributed by atoms with Crippen LogP contribution in [0, 0.1) is 13.8 Å². The van der Waals surface area contributed by atoms with Crippen molar-refractivity contribution < 1.29 is 10.2 Å². The lowest BCUT2D eigenvalue weighted by Gasteiger charge is -2.17. The fraction of sp³-hybridized carbons (Fsp3) is 0.455. The first-order chi connectivity index (χ1) is 6.46. The van der Waals surface area contributed by atoms with E-state index >= 15 is 0 Å². The van der Waals surface area contributed by atoms with Crippen LogP contribution in [-0.4, -0.2) is 10.2 Å². The van der Waals surface area contributed by atoms with E-state index in [4.69, 9.17) is 0 Å². The molecule has 0 unspecified atom stereocenters. The van der Waals surface area contributed by atoms with E-state index in [1.54, 1.807) is 0 Å².